The quantitative estimate of drug-likeness (QED) is 0.725. The minimum atomic E-state index is -0.183. The van der Waals surface area contributed by atoms with E-state index in [0.717, 1.165) is 38.8 Å². The van der Waals surface area contributed by atoms with E-state index in [1.807, 2.05) is 4.90 Å². The second kappa shape index (κ2) is 4.94. The highest BCUT2D eigenvalue weighted by molar-refractivity contribution is 5.81. The predicted octanol–water partition coefficient (Wildman–Crippen LogP) is 0.505. The fraction of sp³-hybridized carbons (Fsp3) is 0.909. The van der Waals surface area contributed by atoms with Crippen LogP contribution < -0.4 is 5.73 Å². The Labute approximate surface area is 90.8 Å². The zero-order valence-electron chi connectivity index (χ0n) is 9.15. The highest BCUT2D eigenvalue weighted by atomic mass is 16.5. The topological polar surface area (TPSA) is 55.6 Å². The average Bonchev–Trinajstić information content (AvgIpc) is 2.81. The van der Waals surface area contributed by atoms with Crippen LogP contribution in [0.15, 0.2) is 0 Å². The molecule has 2 atom stereocenters. The van der Waals surface area contributed by atoms with Gasteiger partial charge in [-0.05, 0) is 32.1 Å². The standard InChI is InChI=1S/C11H20N2O2/c12-8-9-4-1-2-6-13(9)11(14)10-5-3-7-15-10/h9-10H,1-8,12H2/t9?,10-/m1/s1. The van der Waals surface area contributed by atoms with Gasteiger partial charge in [0.1, 0.15) is 6.10 Å². The van der Waals surface area contributed by atoms with Crippen molar-refractivity contribution >= 4 is 5.91 Å². The minimum absolute atomic E-state index is 0.169. The van der Waals surface area contributed by atoms with Crippen molar-refractivity contribution in [1.29, 1.82) is 0 Å². The fourth-order valence-electron chi connectivity index (χ4n) is 2.49. The van der Waals surface area contributed by atoms with Crippen LogP contribution in [0.5, 0.6) is 0 Å². The Balaban J connectivity index is 1.96. The van der Waals surface area contributed by atoms with E-state index in [9.17, 15) is 4.79 Å². The van der Waals surface area contributed by atoms with E-state index < -0.39 is 0 Å². The molecule has 1 amide bonds. The summed E-state index contributed by atoms with van der Waals surface area (Å²) in [6.45, 7) is 2.18. The van der Waals surface area contributed by atoms with Crippen LogP contribution in [0.1, 0.15) is 32.1 Å². The summed E-state index contributed by atoms with van der Waals surface area (Å²) in [7, 11) is 0. The van der Waals surface area contributed by atoms with Crippen LogP contribution in [-0.4, -0.2) is 42.6 Å². The van der Waals surface area contributed by atoms with Gasteiger partial charge in [0.25, 0.3) is 5.91 Å². The van der Waals surface area contributed by atoms with Gasteiger partial charge in [0, 0.05) is 25.7 Å². The lowest BCUT2D eigenvalue weighted by molar-refractivity contribution is -0.144. The van der Waals surface area contributed by atoms with Crippen LogP contribution in [0.2, 0.25) is 0 Å². The minimum Gasteiger partial charge on any atom is -0.368 e. The van der Waals surface area contributed by atoms with E-state index in [0.29, 0.717) is 6.54 Å². The number of rotatable bonds is 2. The molecule has 0 aromatic heterocycles. The first kappa shape index (κ1) is 10.9. The summed E-state index contributed by atoms with van der Waals surface area (Å²) in [6.07, 6.45) is 5.06. The molecule has 2 rings (SSSR count). The Kier molecular flexibility index (Phi) is 3.59. The molecule has 4 heteroatoms. The SMILES string of the molecule is NCC1CCCCN1C(=O)[C@H]1CCCO1. The molecule has 2 fully saturated rings. The lowest BCUT2D eigenvalue weighted by atomic mass is 10.0. The molecule has 0 radical (unpaired) electrons. The van der Waals surface area contributed by atoms with Gasteiger partial charge >= 0.3 is 0 Å². The molecule has 1 unspecified atom stereocenters. The zero-order chi connectivity index (χ0) is 10.7. The fourth-order valence-corrected chi connectivity index (χ4v) is 2.49. The van der Waals surface area contributed by atoms with Crippen molar-refractivity contribution in [2.75, 3.05) is 19.7 Å². The summed E-state index contributed by atoms with van der Waals surface area (Å²) < 4.78 is 5.43. The molecule has 0 bridgehead atoms. The smallest absolute Gasteiger partial charge is 0.251 e. The highest BCUT2D eigenvalue weighted by Gasteiger charge is 2.32. The van der Waals surface area contributed by atoms with Crippen molar-refractivity contribution in [2.45, 2.75) is 44.2 Å². The van der Waals surface area contributed by atoms with Crippen molar-refractivity contribution in [3.05, 3.63) is 0 Å². The Bertz CT molecular complexity index is 227. The maximum atomic E-state index is 12.1. The van der Waals surface area contributed by atoms with E-state index in [-0.39, 0.29) is 18.1 Å². The van der Waals surface area contributed by atoms with Gasteiger partial charge in [-0.3, -0.25) is 4.79 Å². The van der Waals surface area contributed by atoms with Gasteiger partial charge < -0.3 is 15.4 Å². The Morgan fingerprint density at radius 1 is 1.33 bits per heavy atom. The summed E-state index contributed by atoms with van der Waals surface area (Å²) in [5, 5.41) is 0. The average molecular weight is 212 g/mol. The predicted molar refractivity (Wildman–Crippen MR) is 57.4 cm³/mol. The van der Waals surface area contributed by atoms with Crippen LogP contribution in [0.4, 0.5) is 0 Å². The maximum absolute atomic E-state index is 12.1. The molecule has 15 heavy (non-hydrogen) atoms. The normalized spacial score (nSPS) is 31.9. The molecule has 2 N–H and O–H groups in total. The summed E-state index contributed by atoms with van der Waals surface area (Å²) in [5.74, 6) is 0.169. The molecule has 86 valence electrons. The van der Waals surface area contributed by atoms with E-state index in [4.69, 9.17) is 10.5 Å². The molecule has 0 spiro atoms. The van der Waals surface area contributed by atoms with Crippen molar-refractivity contribution in [2.24, 2.45) is 5.73 Å². The third kappa shape index (κ3) is 2.32. The van der Waals surface area contributed by atoms with E-state index in [1.54, 1.807) is 0 Å². The third-order valence-electron chi connectivity index (χ3n) is 3.39. The monoisotopic (exact) mass is 212 g/mol. The van der Waals surface area contributed by atoms with Gasteiger partial charge in [0.15, 0.2) is 0 Å². The van der Waals surface area contributed by atoms with Crippen molar-refractivity contribution in [1.82, 2.24) is 4.90 Å². The second-order valence-electron chi connectivity index (χ2n) is 4.42. The molecule has 2 heterocycles. The molecule has 0 aromatic rings. The number of carbonyl (C=O) groups excluding carboxylic acids is 1. The zero-order valence-corrected chi connectivity index (χ0v) is 9.15. The summed E-state index contributed by atoms with van der Waals surface area (Å²) >= 11 is 0. The number of carbonyl (C=O) groups is 1. The number of ether oxygens (including phenoxy) is 1. The van der Waals surface area contributed by atoms with E-state index in [2.05, 4.69) is 0 Å². The van der Waals surface area contributed by atoms with E-state index >= 15 is 0 Å². The molecule has 0 aliphatic carbocycles. The van der Waals surface area contributed by atoms with Gasteiger partial charge in [-0.25, -0.2) is 0 Å². The molecule has 4 nitrogen and oxygen atoms in total. The van der Waals surface area contributed by atoms with Crippen molar-refractivity contribution < 1.29 is 9.53 Å². The number of nitrogens with zero attached hydrogens (tertiary/aromatic N) is 1. The maximum Gasteiger partial charge on any atom is 0.251 e. The van der Waals surface area contributed by atoms with E-state index in [1.165, 1.54) is 6.42 Å². The first-order valence-electron chi connectivity index (χ1n) is 5.95. The highest BCUT2D eigenvalue weighted by Crippen LogP contribution is 2.21. The number of hydrogen-bond acceptors (Lipinski definition) is 3. The van der Waals surface area contributed by atoms with Crippen LogP contribution >= 0.6 is 0 Å². The summed E-state index contributed by atoms with van der Waals surface area (Å²) in [5.41, 5.74) is 5.70. The van der Waals surface area contributed by atoms with Gasteiger partial charge in [-0.15, -0.1) is 0 Å². The molecular formula is C11H20N2O2. The van der Waals surface area contributed by atoms with Crippen LogP contribution in [0, 0.1) is 0 Å². The van der Waals surface area contributed by atoms with Crippen LogP contribution in [0.3, 0.4) is 0 Å². The Morgan fingerprint density at radius 2 is 2.20 bits per heavy atom. The number of piperidine rings is 1. The largest absolute Gasteiger partial charge is 0.368 e. The number of amides is 1. The molecule has 0 saturated carbocycles. The van der Waals surface area contributed by atoms with Crippen LogP contribution in [0.25, 0.3) is 0 Å². The van der Waals surface area contributed by atoms with Crippen molar-refractivity contribution in [3.8, 4) is 0 Å². The molecule has 2 aliphatic heterocycles. The third-order valence-corrected chi connectivity index (χ3v) is 3.39. The first-order chi connectivity index (χ1) is 7.33. The molecule has 2 aliphatic rings. The van der Waals surface area contributed by atoms with Gasteiger partial charge in [0.2, 0.25) is 0 Å². The Hall–Kier alpha value is -0.610. The number of hydrogen-bond donors (Lipinski definition) is 1. The molecule has 2 saturated heterocycles. The first-order valence-corrected chi connectivity index (χ1v) is 5.95. The summed E-state index contributed by atoms with van der Waals surface area (Å²) in [6, 6.07) is 0.246. The second-order valence-corrected chi connectivity index (χ2v) is 4.42. The van der Waals surface area contributed by atoms with Crippen LogP contribution in [-0.2, 0) is 9.53 Å². The Morgan fingerprint density at radius 3 is 2.87 bits per heavy atom. The number of likely N-dealkylation sites (tertiary alicyclic amines) is 1. The number of nitrogens with two attached hydrogens (primary N) is 1. The summed E-state index contributed by atoms with van der Waals surface area (Å²) in [4.78, 5) is 14.1. The molecule has 0 aromatic carbocycles. The van der Waals surface area contributed by atoms with Gasteiger partial charge in [-0.1, -0.05) is 0 Å². The van der Waals surface area contributed by atoms with Gasteiger partial charge in [0.05, 0.1) is 0 Å². The lowest BCUT2D eigenvalue weighted by Crippen LogP contribution is -2.50. The lowest BCUT2D eigenvalue weighted by Gasteiger charge is -2.36. The van der Waals surface area contributed by atoms with Gasteiger partial charge in [-0.2, -0.15) is 0 Å². The molecular weight excluding hydrogens is 192 g/mol. The van der Waals surface area contributed by atoms with Crippen molar-refractivity contribution in [3.63, 3.8) is 0 Å².